The molecule has 8 nitrogen and oxygen atoms in total. The number of rotatable bonds is 3. The van der Waals surface area contributed by atoms with Gasteiger partial charge >= 0.3 is 13.8 Å². The Hall–Kier alpha value is -0.190. The number of ether oxygens (including phenoxy) is 3. The summed E-state index contributed by atoms with van der Waals surface area (Å²) >= 11 is 0. The molecule has 2 heterocycles. The quantitative estimate of drug-likeness (QED) is 0.629. The Morgan fingerprint density at radius 1 is 1.33 bits per heavy atom. The minimum Gasteiger partial charge on any atom is -0.394 e. The SMILES string of the molecule is CC1(C)O[C@@H]2[C@H](O1)[C@@H](CO)O[C@H]2O.COP(=O)(O)C(F)F. The second-order valence-corrected chi connectivity index (χ2v) is 6.72. The second-order valence-electron chi connectivity index (χ2n) is 4.84. The maximum atomic E-state index is 11.2. The number of aliphatic hydroxyl groups excluding tert-OH is 2. The fourth-order valence-electron chi connectivity index (χ4n) is 1.89. The highest BCUT2D eigenvalue weighted by atomic mass is 31.2. The van der Waals surface area contributed by atoms with E-state index in [4.69, 9.17) is 24.2 Å². The van der Waals surface area contributed by atoms with Gasteiger partial charge in [0.25, 0.3) is 0 Å². The van der Waals surface area contributed by atoms with E-state index in [0.717, 1.165) is 7.11 Å². The number of aliphatic hydroxyl groups is 2. The van der Waals surface area contributed by atoms with Crippen LogP contribution in [0.5, 0.6) is 0 Å². The van der Waals surface area contributed by atoms with Crippen LogP contribution in [0.1, 0.15) is 13.8 Å². The highest BCUT2D eigenvalue weighted by molar-refractivity contribution is 7.53. The third-order valence-electron chi connectivity index (χ3n) is 2.81. The lowest BCUT2D eigenvalue weighted by Gasteiger charge is -2.21. The maximum absolute atomic E-state index is 11.2. The van der Waals surface area contributed by atoms with Crippen LogP contribution in [0, 0.1) is 0 Å². The van der Waals surface area contributed by atoms with Gasteiger partial charge in [-0.3, -0.25) is 4.57 Å². The molecule has 2 saturated heterocycles. The first-order valence-corrected chi connectivity index (χ1v) is 7.65. The smallest absolute Gasteiger partial charge is 0.393 e. The standard InChI is InChI=1S/C8H14O5.C2H5F2O3P/c1-8(2)12-5-4(3-9)11-7(10)6(5)13-8;1-7-8(5,6)2(3)4/h4-7,9-10H,3H2,1-2H3;2H,1H3,(H,5,6)/t4-,5-,6-,7-;/m1./s1. The highest BCUT2D eigenvalue weighted by Gasteiger charge is 2.54. The lowest BCUT2D eigenvalue weighted by atomic mass is 10.1. The minimum absolute atomic E-state index is 0.169. The van der Waals surface area contributed by atoms with Gasteiger partial charge in [0.2, 0.25) is 0 Å². The lowest BCUT2D eigenvalue weighted by Crippen LogP contribution is -2.31. The van der Waals surface area contributed by atoms with E-state index in [0.29, 0.717) is 0 Å². The van der Waals surface area contributed by atoms with Gasteiger partial charge in [-0.1, -0.05) is 0 Å². The molecule has 0 aromatic carbocycles. The van der Waals surface area contributed by atoms with Crippen molar-refractivity contribution in [3.63, 3.8) is 0 Å². The van der Waals surface area contributed by atoms with E-state index in [1.807, 2.05) is 0 Å². The van der Waals surface area contributed by atoms with Crippen LogP contribution in [0.4, 0.5) is 8.78 Å². The van der Waals surface area contributed by atoms with Crippen molar-refractivity contribution in [2.24, 2.45) is 0 Å². The first-order valence-electron chi connectivity index (χ1n) is 6.00. The molecule has 2 aliphatic rings. The van der Waals surface area contributed by atoms with Crippen LogP contribution in [0.2, 0.25) is 0 Å². The van der Waals surface area contributed by atoms with Gasteiger partial charge in [-0.2, -0.15) is 8.78 Å². The average molecular weight is 336 g/mol. The summed E-state index contributed by atoms with van der Waals surface area (Å²) in [5, 5.41) is 18.3. The Kier molecular flexibility index (Phi) is 6.22. The number of fused-ring (bicyclic) bond motifs is 1. The summed E-state index contributed by atoms with van der Waals surface area (Å²) < 4.78 is 51.7. The predicted octanol–water partition coefficient (Wildman–Crippen LogP) is 0.257. The van der Waals surface area contributed by atoms with Crippen LogP contribution in [-0.2, 0) is 23.3 Å². The van der Waals surface area contributed by atoms with Crippen molar-refractivity contribution in [3.8, 4) is 0 Å². The first-order chi connectivity index (χ1) is 9.54. The van der Waals surface area contributed by atoms with Crippen molar-refractivity contribution in [2.75, 3.05) is 13.7 Å². The van der Waals surface area contributed by atoms with Crippen molar-refractivity contribution in [1.29, 1.82) is 0 Å². The number of alkyl halides is 2. The third-order valence-corrected chi connectivity index (χ3v) is 3.83. The fraction of sp³-hybridized carbons (Fsp3) is 1.00. The molecular formula is C10H19F2O8P. The molecule has 0 saturated carbocycles. The van der Waals surface area contributed by atoms with Gasteiger partial charge in [-0.05, 0) is 13.8 Å². The van der Waals surface area contributed by atoms with Gasteiger partial charge in [0.1, 0.15) is 18.3 Å². The third kappa shape index (κ3) is 4.64. The molecule has 0 aromatic heterocycles. The van der Waals surface area contributed by atoms with E-state index in [9.17, 15) is 18.5 Å². The summed E-state index contributed by atoms with van der Waals surface area (Å²) in [6.07, 6.45) is -5.62. The normalized spacial score (nSPS) is 36.8. The summed E-state index contributed by atoms with van der Waals surface area (Å²) in [5.41, 5.74) is 0. The molecular weight excluding hydrogens is 317 g/mol. The van der Waals surface area contributed by atoms with Crippen molar-refractivity contribution in [1.82, 2.24) is 0 Å². The molecule has 2 aliphatic heterocycles. The van der Waals surface area contributed by atoms with E-state index >= 15 is 0 Å². The van der Waals surface area contributed by atoms with Gasteiger partial charge in [0.15, 0.2) is 12.1 Å². The van der Waals surface area contributed by atoms with Gasteiger partial charge in [0, 0.05) is 7.11 Å². The van der Waals surface area contributed by atoms with Gasteiger partial charge in [0.05, 0.1) is 6.61 Å². The van der Waals surface area contributed by atoms with E-state index in [-0.39, 0.29) is 12.7 Å². The maximum Gasteiger partial charge on any atom is 0.393 e. The van der Waals surface area contributed by atoms with Crippen LogP contribution < -0.4 is 0 Å². The largest absolute Gasteiger partial charge is 0.394 e. The van der Waals surface area contributed by atoms with Gasteiger partial charge in [-0.25, -0.2) is 0 Å². The van der Waals surface area contributed by atoms with Crippen molar-refractivity contribution in [2.45, 2.75) is 50.4 Å². The molecule has 0 radical (unpaired) electrons. The number of halogens is 2. The van der Waals surface area contributed by atoms with Crippen LogP contribution in [0.15, 0.2) is 0 Å². The molecule has 11 heteroatoms. The summed E-state index contributed by atoms with van der Waals surface area (Å²) in [6.45, 7) is 3.37. The van der Waals surface area contributed by atoms with Crippen molar-refractivity contribution in [3.05, 3.63) is 0 Å². The second kappa shape index (κ2) is 6.93. The summed E-state index contributed by atoms with van der Waals surface area (Å²) in [5.74, 6) is -0.701. The molecule has 0 aromatic rings. The van der Waals surface area contributed by atoms with Crippen LogP contribution in [-0.4, -0.2) is 65.4 Å². The molecule has 5 atom stereocenters. The zero-order valence-corrected chi connectivity index (χ0v) is 12.6. The zero-order chi connectivity index (χ0) is 16.4. The number of hydrogen-bond donors (Lipinski definition) is 3. The highest BCUT2D eigenvalue weighted by Crippen LogP contribution is 2.47. The predicted molar refractivity (Wildman–Crippen MR) is 64.6 cm³/mol. The van der Waals surface area contributed by atoms with Gasteiger partial charge in [-0.15, -0.1) is 0 Å². The molecule has 21 heavy (non-hydrogen) atoms. The molecule has 2 rings (SSSR count). The van der Waals surface area contributed by atoms with Crippen LogP contribution >= 0.6 is 7.60 Å². The van der Waals surface area contributed by atoms with E-state index in [1.54, 1.807) is 13.8 Å². The Bertz CT molecular complexity index is 393. The molecule has 0 bridgehead atoms. The van der Waals surface area contributed by atoms with Crippen molar-refractivity contribution >= 4 is 7.60 Å². The molecule has 126 valence electrons. The summed E-state index contributed by atoms with van der Waals surface area (Å²) in [4.78, 5) is 7.98. The Morgan fingerprint density at radius 3 is 2.24 bits per heavy atom. The summed E-state index contributed by atoms with van der Waals surface area (Å²) in [6, 6.07) is 0. The first kappa shape index (κ1) is 18.9. The monoisotopic (exact) mass is 336 g/mol. The van der Waals surface area contributed by atoms with E-state index in [1.165, 1.54) is 0 Å². The zero-order valence-electron chi connectivity index (χ0n) is 11.7. The Labute approximate surface area is 120 Å². The molecule has 3 N–H and O–H groups in total. The molecule has 0 aliphatic carbocycles. The minimum atomic E-state index is -4.58. The van der Waals surface area contributed by atoms with Crippen LogP contribution in [0.3, 0.4) is 0 Å². The summed E-state index contributed by atoms with van der Waals surface area (Å²) in [7, 11) is -3.82. The van der Waals surface area contributed by atoms with E-state index < -0.39 is 38.0 Å². The molecule has 1 unspecified atom stereocenters. The molecule has 0 amide bonds. The molecule has 0 spiro atoms. The molecule has 2 fully saturated rings. The Morgan fingerprint density at radius 2 is 1.86 bits per heavy atom. The van der Waals surface area contributed by atoms with Gasteiger partial charge < -0.3 is 33.8 Å². The lowest BCUT2D eigenvalue weighted by molar-refractivity contribution is -0.223. The van der Waals surface area contributed by atoms with E-state index in [2.05, 4.69) is 4.52 Å². The fourth-order valence-corrected chi connectivity index (χ4v) is 2.05. The number of hydrogen-bond acceptors (Lipinski definition) is 7. The average Bonchev–Trinajstić information content (AvgIpc) is 2.85. The Balaban J connectivity index is 0.000000240. The topological polar surface area (TPSA) is 115 Å². The van der Waals surface area contributed by atoms with Crippen molar-refractivity contribution < 1.29 is 47.2 Å². The van der Waals surface area contributed by atoms with Crippen LogP contribution in [0.25, 0.3) is 0 Å².